The van der Waals surface area contributed by atoms with E-state index in [0.29, 0.717) is 11.8 Å². The van der Waals surface area contributed by atoms with Crippen molar-refractivity contribution < 1.29 is 4.74 Å². The van der Waals surface area contributed by atoms with E-state index >= 15 is 0 Å². The third-order valence-electron chi connectivity index (χ3n) is 3.41. The number of hydrogen-bond acceptors (Lipinski definition) is 1. The summed E-state index contributed by atoms with van der Waals surface area (Å²) < 4.78 is 5.27. The van der Waals surface area contributed by atoms with Crippen LogP contribution >= 0.6 is 0 Å². The average Bonchev–Trinajstić information content (AvgIpc) is 2.70. The highest BCUT2D eigenvalue weighted by molar-refractivity contribution is 5.85. The second-order valence-electron chi connectivity index (χ2n) is 4.69. The van der Waals surface area contributed by atoms with Crippen molar-refractivity contribution in [1.29, 1.82) is 0 Å². The molecule has 0 saturated heterocycles. The Morgan fingerprint density at radius 1 is 1.19 bits per heavy atom. The second kappa shape index (κ2) is 4.20. The Balaban J connectivity index is 2.53. The zero-order valence-corrected chi connectivity index (χ0v) is 10.4. The van der Waals surface area contributed by atoms with Crippen molar-refractivity contribution in [2.45, 2.75) is 26.7 Å². The van der Waals surface area contributed by atoms with E-state index in [-0.39, 0.29) is 0 Å². The normalized spacial score (nSPS) is 13.3. The van der Waals surface area contributed by atoms with Gasteiger partial charge in [-0.25, -0.2) is 0 Å². The molecule has 16 heavy (non-hydrogen) atoms. The van der Waals surface area contributed by atoms with Gasteiger partial charge in [-0.3, -0.25) is 0 Å². The fraction of sp³-hybridized carbons (Fsp3) is 0.429. The van der Waals surface area contributed by atoms with Crippen molar-refractivity contribution >= 4 is 10.9 Å². The van der Waals surface area contributed by atoms with Gasteiger partial charge in [0.05, 0.1) is 7.11 Å². The van der Waals surface area contributed by atoms with Gasteiger partial charge < -0.3 is 9.72 Å². The molecule has 1 unspecified atom stereocenters. The quantitative estimate of drug-likeness (QED) is 0.827. The topological polar surface area (TPSA) is 25.0 Å². The molecule has 0 radical (unpaired) electrons. The van der Waals surface area contributed by atoms with Gasteiger partial charge in [0, 0.05) is 17.1 Å². The first kappa shape index (κ1) is 11.1. The maximum absolute atomic E-state index is 5.27. The van der Waals surface area contributed by atoms with Gasteiger partial charge >= 0.3 is 0 Å². The molecular formula is C14H19NO. The van der Waals surface area contributed by atoms with Crippen molar-refractivity contribution in [2.24, 2.45) is 5.92 Å². The van der Waals surface area contributed by atoms with Crippen LogP contribution in [0.2, 0.25) is 0 Å². The van der Waals surface area contributed by atoms with Gasteiger partial charge in [-0.15, -0.1) is 0 Å². The number of benzene rings is 1. The molecule has 0 bridgehead atoms. The fourth-order valence-electron chi connectivity index (χ4n) is 1.98. The summed E-state index contributed by atoms with van der Waals surface area (Å²) in [6, 6.07) is 6.17. The first-order valence-electron chi connectivity index (χ1n) is 5.78. The largest absolute Gasteiger partial charge is 0.497 e. The summed E-state index contributed by atoms with van der Waals surface area (Å²) in [5.74, 6) is 2.12. The van der Waals surface area contributed by atoms with E-state index in [0.717, 1.165) is 5.75 Å². The highest BCUT2D eigenvalue weighted by atomic mass is 16.5. The van der Waals surface area contributed by atoms with Crippen LogP contribution in [0, 0.1) is 5.92 Å². The van der Waals surface area contributed by atoms with Gasteiger partial charge in [0.15, 0.2) is 0 Å². The van der Waals surface area contributed by atoms with E-state index in [1.165, 1.54) is 16.5 Å². The number of nitrogens with one attached hydrogen (secondary N) is 1. The number of hydrogen-bond donors (Lipinski definition) is 1. The summed E-state index contributed by atoms with van der Waals surface area (Å²) in [6.45, 7) is 6.78. The van der Waals surface area contributed by atoms with Crippen molar-refractivity contribution in [2.75, 3.05) is 7.11 Å². The highest BCUT2D eigenvalue weighted by Gasteiger charge is 2.14. The molecule has 0 spiro atoms. The van der Waals surface area contributed by atoms with E-state index in [1.54, 1.807) is 7.11 Å². The molecule has 1 heterocycles. The predicted molar refractivity (Wildman–Crippen MR) is 68.1 cm³/mol. The number of H-pyrrole nitrogens is 1. The van der Waals surface area contributed by atoms with Crippen molar-refractivity contribution in [3.63, 3.8) is 0 Å². The minimum atomic E-state index is 0.556. The molecule has 0 aliphatic rings. The molecule has 86 valence electrons. The summed E-state index contributed by atoms with van der Waals surface area (Å²) in [4.78, 5) is 3.32. The van der Waals surface area contributed by atoms with Gasteiger partial charge in [-0.1, -0.05) is 20.8 Å². The number of ether oxygens (including phenoxy) is 1. The van der Waals surface area contributed by atoms with Crippen LogP contribution in [0.1, 0.15) is 32.3 Å². The monoisotopic (exact) mass is 217 g/mol. The molecule has 1 N–H and O–H groups in total. The van der Waals surface area contributed by atoms with Gasteiger partial charge in [0.25, 0.3) is 0 Å². The third kappa shape index (κ3) is 1.80. The highest BCUT2D eigenvalue weighted by Crippen LogP contribution is 2.32. The second-order valence-corrected chi connectivity index (χ2v) is 4.69. The molecule has 0 aliphatic carbocycles. The molecule has 0 amide bonds. The van der Waals surface area contributed by atoms with Gasteiger partial charge in [0.2, 0.25) is 0 Å². The lowest BCUT2D eigenvalue weighted by atomic mass is 9.90. The van der Waals surface area contributed by atoms with E-state index in [9.17, 15) is 0 Å². The Bertz CT molecular complexity index is 484. The number of fused-ring (bicyclic) bond motifs is 1. The van der Waals surface area contributed by atoms with E-state index < -0.39 is 0 Å². The molecule has 2 aromatic rings. The van der Waals surface area contributed by atoms with Gasteiger partial charge in [-0.05, 0) is 35.6 Å². The summed E-state index contributed by atoms with van der Waals surface area (Å²) in [5, 5.41) is 1.28. The zero-order valence-electron chi connectivity index (χ0n) is 10.4. The van der Waals surface area contributed by atoms with Crippen LogP contribution in [0.25, 0.3) is 10.9 Å². The Hall–Kier alpha value is -1.44. The lowest BCUT2D eigenvalue weighted by Crippen LogP contribution is -2.00. The third-order valence-corrected chi connectivity index (χ3v) is 3.41. The van der Waals surface area contributed by atoms with Crippen molar-refractivity contribution in [3.8, 4) is 5.75 Å². The molecule has 0 fully saturated rings. The number of methoxy groups -OCH3 is 1. The van der Waals surface area contributed by atoms with Crippen LogP contribution in [-0.2, 0) is 0 Å². The van der Waals surface area contributed by atoms with Crippen LogP contribution in [0.15, 0.2) is 24.4 Å². The van der Waals surface area contributed by atoms with Crippen LogP contribution < -0.4 is 4.74 Å². The first-order chi connectivity index (χ1) is 7.63. The molecule has 2 rings (SSSR count). The molecule has 0 aliphatic heterocycles. The zero-order chi connectivity index (χ0) is 11.7. The Labute approximate surface area is 96.6 Å². The maximum atomic E-state index is 5.27. The Morgan fingerprint density at radius 2 is 1.94 bits per heavy atom. The fourth-order valence-corrected chi connectivity index (χ4v) is 1.98. The standard InChI is InChI=1S/C14H19NO/c1-9(2)10(3)13-8-15-14-6-5-11(16-4)7-12(13)14/h5-10,15H,1-4H3. The SMILES string of the molecule is COc1ccc2[nH]cc(C(C)C(C)C)c2c1. The van der Waals surface area contributed by atoms with E-state index in [1.807, 2.05) is 6.07 Å². The van der Waals surface area contributed by atoms with Gasteiger partial charge in [-0.2, -0.15) is 0 Å². The summed E-state index contributed by atoms with van der Waals surface area (Å²) in [7, 11) is 1.71. The van der Waals surface area contributed by atoms with Crippen molar-refractivity contribution in [3.05, 3.63) is 30.0 Å². The molecule has 1 aromatic heterocycles. The van der Waals surface area contributed by atoms with Gasteiger partial charge in [0.1, 0.15) is 5.75 Å². The first-order valence-corrected chi connectivity index (χ1v) is 5.78. The lowest BCUT2D eigenvalue weighted by Gasteiger charge is -2.14. The minimum absolute atomic E-state index is 0.556. The molecule has 2 heteroatoms. The van der Waals surface area contributed by atoms with Crippen LogP contribution in [-0.4, -0.2) is 12.1 Å². The van der Waals surface area contributed by atoms with E-state index in [2.05, 4.69) is 44.1 Å². The number of aromatic nitrogens is 1. The maximum Gasteiger partial charge on any atom is 0.119 e. The minimum Gasteiger partial charge on any atom is -0.497 e. The number of rotatable bonds is 3. The summed E-state index contributed by atoms with van der Waals surface area (Å²) in [6.07, 6.45) is 2.12. The predicted octanol–water partition coefficient (Wildman–Crippen LogP) is 3.94. The van der Waals surface area contributed by atoms with Crippen LogP contribution in [0.5, 0.6) is 5.75 Å². The van der Waals surface area contributed by atoms with Crippen molar-refractivity contribution in [1.82, 2.24) is 4.98 Å². The Morgan fingerprint density at radius 3 is 2.56 bits per heavy atom. The molecule has 2 nitrogen and oxygen atoms in total. The van der Waals surface area contributed by atoms with E-state index in [4.69, 9.17) is 4.74 Å². The van der Waals surface area contributed by atoms with Crippen LogP contribution in [0.4, 0.5) is 0 Å². The van der Waals surface area contributed by atoms with Crippen LogP contribution in [0.3, 0.4) is 0 Å². The smallest absolute Gasteiger partial charge is 0.119 e. The molecule has 1 aromatic carbocycles. The number of aromatic amines is 1. The molecule has 1 atom stereocenters. The molecule has 0 saturated carbocycles. The average molecular weight is 217 g/mol. The summed E-state index contributed by atoms with van der Waals surface area (Å²) in [5.41, 5.74) is 2.56. The lowest BCUT2D eigenvalue weighted by molar-refractivity contribution is 0.415. The summed E-state index contributed by atoms with van der Waals surface area (Å²) >= 11 is 0. The molecular weight excluding hydrogens is 198 g/mol. The Kier molecular flexibility index (Phi) is 2.90.